The molecular weight excluding hydrogens is 538 g/mol. The number of aliphatic hydroxyl groups excluding tert-OH is 2. The van der Waals surface area contributed by atoms with Crippen LogP contribution in [0.1, 0.15) is 48.1 Å². The molecule has 157 valence electrons. The number of aryl methyl sites for hydroxylation is 4. The fourth-order valence-electron chi connectivity index (χ4n) is 3.92. The first-order valence-electron chi connectivity index (χ1n) is 10.0. The van der Waals surface area contributed by atoms with Crippen molar-refractivity contribution in [3.63, 3.8) is 0 Å². The van der Waals surface area contributed by atoms with Gasteiger partial charge in [0.05, 0.1) is 17.7 Å². The van der Waals surface area contributed by atoms with Gasteiger partial charge in [0, 0.05) is 20.1 Å². The van der Waals surface area contributed by atoms with Crippen molar-refractivity contribution in [2.75, 3.05) is 0 Å². The Labute approximate surface area is 187 Å². The maximum absolute atomic E-state index is 8.56. The average molecular weight is 569 g/mol. The Bertz CT molecular complexity index is 990. The number of pyridine rings is 1. The van der Waals surface area contributed by atoms with Crippen molar-refractivity contribution in [3.05, 3.63) is 64.2 Å². The summed E-state index contributed by atoms with van der Waals surface area (Å²) < 4.78 is 0. The molecular formula is C25H30IrNO2-. The van der Waals surface area contributed by atoms with E-state index in [9.17, 15) is 0 Å². The van der Waals surface area contributed by atoms with Crippen LogP contribution in [0, 0.1) is 26.8 Å². The van der Waals surface area contributed by atoms with Crippen LogP contribution in [-0.2, 0) is 32.9 Å². The minimum absolute atomic E-state index is 0. The van der Waals surface area contributed by atoms with Gasteiger partial charge in [-0.1, -0.05) is 44.0 Å². The van der Waals surface area contributed by atoms with E-state index in [1.807, 2.05) is 0 Å². The summed E-state index contributed by atoms with van der Waals surface area (Å²) in [5.41, 5.74) is 10.1. The summed E-state index contributed by atoms with van der Waals surface area (Å²) in [7, 11) is 0. The largest absolute Gasteiger partial charge is 0.393 e. The second kappa shape index (κ2) is 9.95. The van der Waals surface area contributed by atoms with Crippen molar-refractivity contribution in [1.82, 2.24) is 4.98 Å². The molecule has 0 aliphatic heterocycles. The summed E-state index contributed by atoms with van der Waals surface area (Å²) in [6.45, 7) is 9.76. The van der Waals surface area contributed by atoms with Crippen LogP contribution in [0.2, 0.25) is 0 Å². The summed E-state index contributed by atoms with van der Waals surface area (Å²) in [5.74, 6) is 0. The molecule has 4 heteroatoms. The quantitative estimate of drug-likeness (QED) is 0.434. The van der Waals surface area contributed by atoms with Gasteiger partial charge in [-0.15, -0.1) is 34.4 Å². The first-order valence-corrected chi connectivity index (χ1v) is 10.0. The van der Waals surface area contributed by atoms with Gasteiger partial charge in [-0.3, -0.25) is 4.98 Å². The molecule has 2 unspecified atom stereocenters. The van der Waals surface area contributed by atoms with E-state index >= 15 is 0 Å². The second-order valence-corrected chi connectivity index (χ2v) is 8.11. The fraction of sp³-hybridized carbons (Fsp3) is 0.400. The monoisotopic (exact) mass is 569 g/mol. The zero-order valence-corrected chi connectivity index (χ0v) is 20.2. The van der Waals surface area contributed by atoms with Gasteiger partial charge in [0.15, 0.2) is 0 Å². The summed E-state index contributed by atoms with van der Waals surface area (Å²) in [4.78, 5) is 4.97. The molecule has 2 aromatic carbocycles. The molecule has 0 fully saturated rings. The SMILES string of the molecule is CC(O)CC(C)O.Cc1[c-]c2c(c(C)c1)CCc1cc3ccc(C)cc3nc1-2.[Ir]. The molecule has 29 heavy (non-hydrogen) atoms. The number of rotatable bonds is 2. The number of nitrogens with zero attached hydrogens (tertiary/aromatic N) is 1. The summed E-state index contributed by atoms with van der Waals surface area (Å²) >= 11 is 0. The molecule has 0 amide bonds. The standard InChI is InChI=1S/C20H18N.C5H12O2.Ir/c1-12-4-5-15-11-16-6-7-17-14(3)8-13(2)9-18(17)20(16)21-19(15)10-12;1-4(6)3-5(2)7;/h4-5,8,10-11H,6-7H2,1-3H3;4-7H,3H2,1-2H3;/q-1;;. The van der Waals surface area contributed by atoms with Crippen LogP contribution < -0.4 is 0 Å². The molecule has 0 saturated heterocycles. The van der Waals surface area contributed by atoms with Crippen LogP contribution in [0.25, 0.3) is 22.2 Å². The second-order valence-electron chi connectivity index (χ2n) is 8.11. The van der Waals surface area contributed by atoms with Crippen LogP contribution in [0.5, 0.6) is 0 Å². The van der Waals surface area contributed by atoms with Gasteiger partial charge in [0.1, 0.15) is 0 Å². The first kappa shape index (κ1) is 23.7. The Kier molecular flexibility index (Phi) is 8.13. The molecule has 1 radical (unpaired) electrons. The number of fused-ring (bicyclic) bond motifs is 4. The third-order valence-electron chi connectivity index (χ3n) is 5.15. The Morgan fingerprint density at radius 2 is 1.69 bits per heavy atom. The third kappa shape index (κ3) is 5.73. The van der Waals surface area contributed by atoms with E-state index in [0.717, 1.165) is 24.1 Å². The number of aliphatic hydroxyl groups is 2. The molecule has 4 rings (SSSR count). The van der Waals surface area contributed by atoms with Gasteiger partial charge in [-0.25, -0.2) is 0 Å². The molecule has 1 aliphatic carbocycles. The van der Waals surface area contributed by atoms with E-state index in [1.165, 1.54) is 38.8 Å². The van der Waals surface area contributed by atoms with E-state index in [1.54, 1.807) is 13.8 Å². The zero-order valence-electron chi connectivity index (χ0n) is 17.8. The molecule has 1 aliphatic rings. The van der Waals surface area contributed by atoms with Gasteiger partial charge in [0.25, 0.3) is 0 Å². The maximum atomic E-state index is 8.56. The molecule has 0 bridgehead atoms. The van der Waals surface area contributed by atoms with Crippen molar-refractivity contribution < 1.29 is 30.3 Å². The summed E-state index contributed by atoms with van der Waals surface area (Å²) in [6.07, 6.45) is 1.90. The number of hydrogen-bond acceptors (Lipinski definition) is 3. The first-order chi connectivity index (χ1) is 13.2. The van der Waals surface area contributed by atoms with E-state index in [-0.39, 0.29) is 32.3 Å². The smallest absolute Gasteiger partial charge is 0.0598 e. The van der Waals surface area contributed by atoms with Crippen molar-refractivity contribution in [1.29, 1.82) is 0 Å². The third-order valence-corrected chi connectivity index (χ3v) is 5.15. The van der Waals surface area contributed by atoms with E-state index in [0.29, 0.717) is 6.42 Å². The van der Waals surface area contributed by atoms with Crippen LogP contribution in [0.4, 0.5) is 0 Å². The minimum atomic E-state index is -0.375. The predicted octanol–water partition coefficient (Wildman–Crippen LogP) is 4.86. The summed E-state index contributed by atoms with van der Waals surface area (Å²) in [6, 6.07) is 14.6. The molecule has 2 atom stereocenters. The number of hydrogen-bond donors (Lipinski definition) is 2. The molecule has 0 spiro atoms. The van der Waals surface area contributed by atoms with Crippen molar-refractivity contribution in [3.8, 4) is 11.3 Å². The van der Waals surface area contributed by atoms with E-state index in [2.05, 4.69) is 57.2 Å². The van der Waals surface area contributed by atoms with Gasteiger partial charge >= 0.3 is 0 Å². The molecule has 3 aromatic rings. The van der Waals surface area contributed by atoms with Gasteiger partial charge in [-0.2, -0.15) is 0 Å². The Hall–Kier alpha value is -1.58. The topological polar surface area (TPSA) is 53.4 Å². The van der Waals surface area contributed by atoms with E-state index in [4.69, 9.17) is 15.2 Å². The Balaban J connectivity index is 0.000000327. The van der Waals surface area contributed by atoms with Crippen molar-refractivity contribution >= 4 is 10.9 Å². The molecule has 3 nitrogen and oxygen atoms in total. The van der Waals surface area contributed by atoms with Gasteiger partial charge < -0.3 is 10.2 Å². The van der Waals surface area contributed by atoms with Crippen LogP contribution >= 0.6 is 0 Å². The average Bonchev–Trinajstić information content (AvgIpc) is 2.59. The Morgan fingerprint density at radius 3 is 2.31 bits per heavy atom. The van der Waals surface area contributed by atoms with Crippen molar-refractivity contribution in [2.24, 2.45) is 0 Å². The van der Waals surface area contributed by atoms with Gasteiger partial charge in [-0.05, 0) is 56.3 Å². The van der Waals surface area contributed by atoms with Crippen molar-refractivity contribution in [2.45, 2.75) is 66.1 Å². The number of aromatic nitrogens is 1. The number of benzene rings is 2. The molecule has 1 aromatic heterocycles. The molecule has 1 heterocycles. The maximum Gasteiger partial charge on any atom is 0.0598 e. The van der Waals surface area contributed by atoms with Gasteiger partial charge in [0.2, 0.25) is 0 Å². The van der Waals surface area contributed by atoms with Crippen LogP contribution in [0.15, 0.2) is 30.3 Å². The molecule has 0 saturated carbocycles. The normalized spacial score (nSPS) is 14.0. The minimum Gasteiger partial charge on any atom is -0.393 e. The van der Waals surface area contributed by atoms with Crippen LogP contribution in [-0.4, -0.2) is 27.4 Å². The summed E-state index contributed by atoms with van der Waals surface area (Å²) in [5, 5.41) is 18.4. The zero-order chi connectivity index (χ0) is 20.4. The molecule has 2 N–H and O–H groups in total. The Morgan fingerprint density at radius 1 is 1.00 bits per heavy atom. The van der Waals surface area contributed by atoms with Crippen LogP contribution in [0.3, 0.4) is 0 Å². The van der Waals surface area contributed by atoms with E-state index < -0.39 is 0 Å². The predicted molar refractivity (Wildman–Crippen MR) is 116 cm³/mol. The fourth-order valence-corrected chi connectivity index (χ4v) is 3.92.